The van der Waals surface area contributed by atoms with Gasteiger partial charge in [-0.2, -0.15) is 0 Å². The van der Waals surface area contributed by atoms with E-state index in [1.165, 1.54) is 36.4 Å². The van der Waals surface area contributed by atoms with Crippen LogP contribution in [0.4, 0.5) is 4.39 Å². The molecule has 144 valence electrons. The lowest BCUT2D eigenvalue weighted by atomic mass is 10.1. The molecule has 1 amide bonds. The molecule has 3 rings (SSSR count). The number of ether oxygens (including phenoxy) is 1. The molecule has 0 bridgehead atoms. The van der Waals surface area contributed by atoms with E-state index >= 15 is 0 Å². The van der Waals surface area contributed by atoms with Gasteiger partial charge in [-0.1, -0.05) is 42.5 Å². The summed E-state index contributed by atoms with van der Waals surface area (Å²) in [5.74, 6) is -0.863. The highest BCUT2D eigenvalue weighted by Crippen LogP contribution is 2.13. The Bertz CT molecular complexity index is 1030. The van der Waals surface area contributed by atoms with Gasteiger partial charge in [0.1, 0.15) is 18.2 Å². The zero-order valence-electron chi connectivity index (χ0n) is 14.8. The van der Waals surface area contributed by atoms with Crippen LogP contribution in [0.1, 0.15) is 21.5 Å². The number of rotatable bonds is 7. The Morgan fingerprint density at radius 3 is 2.11 bits per heavy atom. The van der Waals surface area contributed by atoms with Crippen LogP contribution in [0.25, 0.3) is 0 Å². The Morgan fingerprint density at radius 1 is 0.857 bits per heavy atom. The average Bonchev–Trinajstić information content (AvgIpc) is 2.69. The number of hydrogen-bond donors (Lipinski definition) is 1. The highest BCUT2D eigenvalue weighted by molar-refractivity contribution is 7.89. The van der Waals surface area contributed by atoms with Crippen molar-refractivity contribution in [2.24, 2.45) is 0 Å². The molecule has 1 N–H and O–H groups in total. The van der Waals surface area contributed by atoms with Gasteiger partial charge in [0, 0.05) is 5.56 Å². The van der Waals surface area contributed by atoms with Gasteiger partial charge < -0.3 is 4.74 Å². The van der Waals surface area contributed by atoms with E-state index in [4.69, 9.17) is 4.74 Å². The fraction of sp³-hybridized carbons (Fsp3) is 0.0952. The number of benzene rings is 3. The van der Waals surface area contributed by atoms with Gasteiger partial charge in [-0.25, -0.2) is 17.5 Å². The molecule has 28 heavy (non-hydrogen) atoms. The highest BCUT2D eigenvalue weighted by atomic mass is 32.2. The van der Waals surface area contributed by atoms with E-state index in [2.05, 4.69) is 0 Å². The third-order valence-electron chi connectivity index (χ3n) is 3.88. The lowest BCUT2D eigenvalue weighted by Gasteiger charge is -2.09. The number of para-hydroxylation sites is 1. The van der Waals surface area contributed by atoms with Gasteiger partial charge in [-0.3, -0.25) is 4.79 Å². The lowest BCUT2D eigenvalue weighted by molar-refractivity contribution is 0.0981. The van der Waals surface area contributed by atoms with Crippen LogP contribution in [0.3, 0.4) is 0 Å². The quantitative estimate of drug-likeness (QED) is 0.658. The second kappa shape index (κ2) is 8.67. The molecule has 0 aliphatic heterocycles. The molecular weight excluding hydrogens is 381 g/mol. The molecule has 7 heteroatoms. The molecule has 0 unspecified atom stereocenters. The van der Waals surface area contributed by atoms with Crippen molar-refractivity contribution in [2.75, 3.05) is 0 Å². The fourth-order valence-corrected chi connectivity index (χ4v) is 3.58. The summed E-state index contributed by atoms with van der Waals surface area (Å²) < 4.78 is 44.9. The Hall–Kier alpha value is -3.19. The number of nitrogens with one attached hydrogen (secondary N) is 1. The van der Waals surface area contributed by atoms with Gasteiger partial charge in [0.05, 0.1) is 5.75 Å². The summed E-state index contributed by atoms with van der Waals surface area (Å²) in [6, 6.07) is 20.8. The van der Waals surface area contributed by atoms with Gasteiger partial charge in [0.2, 0.25) is 10.0 Å². The van der Waals surface area contributed by atoms with Crippen LogP contribution in [-0.2, 0) is 22.4 Å². The van der Waals surface area contributed by atoms with Crippen molar-refractivity contribution < 1.29 is 22.3 Å². The van der Waals surface area contributed by atoms with Crippen LogP contribution in [0.15, 0.2) is 78.9 Å². The third-order valence-corrected chi connectivity index (χ3v) is 5.09. The van der Waals surface area contributed by atoms with E-state index in [1.54, 1.807) is 12.1 Å². The molecule has 0 saturated heterocycles. The topological polar surface area (TPSA) is 72.5 Å². The maximum absolute atomic E-state index is 12.9. The Kier molecular flexibility index (Phi) is 6.06. The van der Waals surface area contributed by atoms with E-state index in [0.717, 1.165) is 11.3 Å². The first-order chi connectivity index (χ1) is 13.4. The number of carbonyl (C=O) groups excluding carboxylic acids is 1. The molecule has 0 radical (unpaired) electrons. The van der Waals surface area contributed by atoms with Crippen LogP contribution in [0.2, 0.25) is 0 Å². The summed E-state index contributed by atoms with van der Waals surface area (Å²) >= 11 is 0. The van der Waals surface area contributed by atoms with Crippen molar-refractivity contribution in [2.45, 2.75) is 12.4 Å². The van der Waals surface area contributed by atoms with Gasteiger partial charge >= 0.3 is 0 Å². The predicted octanol–water partition coefficient (Wildman–Crippen LogP) is 3.66. The molecule has 3 aromatic carbocycles. The maximum atomic E-state index is 12.9. The number of carbonyl (C=O) groups is 1. The smallest absolute Gasteiger partial charge is 0.264 e. The molecule has 5 nitrogen and oxygen atoms in total. The fourth-order valence-electron chi connectivity index (χ4n) is 2.47. The first-order valence-electron chi connectivity index (χ1n) is 8.47. The van der Waals surface area contributed by atoms with Crippen LogP contribution in [0, 0.1) is 5.82 Å². The standard InChI is InChI=1S/C21H18FNO4S/c22-19-12-8-17(9-13-19)15-28(25,26)23-21(24)18-10-6-16(7-11-18)14-27-20-4-2-1-3-5-20/h1-13H,14-15H2,(H,23,24). The number of sulfonamides is 1. The lowest BCUT2D eigenvalue weighted by Crippen LogP contribution is -2.31. The number of amides is 1. The molecule has 0 fully saturated rings. The van der Waals surface area contributed by atoms with Crippen molar-refractivity contribution >= 4 is 15.9 Å². The molecule has 0 heterocycles. The van der Waals surface area contributed by atoms with E-state index in [1.807, 2.05) is 35.1 Å². The molecule has 0 atom stereocenters. The summed E-state index contributed by atoms with van der Waals surface area (Å²) in [5, 5.41) is 0. The Morgan fingerprint density at radius 2 is 1.46 bits per heavy atom. The molecule has 0 aliphatic rings. The normalized spacial score (nSPS) is 11.0. The summed E-state index contributed by atoms with van der Waals surface area (Å²) in [6.07, 6.45) is 0. The van der Waals surface area contributed by atoms with Crippen molar-refractivity contribution in [3.8, 4) is 5.75 Å². The van der Waals surface area contributed by atoms with E-state index in [9.17, 15) is 17.6 Å². The molecule has 0 aromatic heterocycles. The second-order valence-electron chi connectivity index (χ2n) is 6.12. The zero-order chi connectivity index (χ0) is 20.0. The average molecular weight is 399 g/mol. The molecule has 0 spiro atoms. The third kappa shape index (κ3) is 5.65. The molecule has 0 saturated carbocycles. The summed E-state index contributed by atoms with van der Waals surface area (Å²) in [4.78, 5) is 12.2. The van der Waals surface area contributed by atoms with Gasteiger partial charge in [-0.05, 0) is 47.5 Å². The van der Waals surface area contributed by atoms with Crippen molar-refractivity contribution in [1.82, 2.24) is 4.72 Å². The van der Waals surface area contributed by atoms with Gasteiger partial charge in [0.25, 0.3) is 5.91 Å². The molecule has 3 aromatic rings. The predicted molar refractivity (Wildman–Crippen MR) is 104 cm³/mol. The molecular formula is C21H18FNO4S. The Labute approximate surface area is 162 Å². The summed E-state index contributed by atoms with van der Waals surface area (Å²) in [6.45, 7) is 0.328. The monoisotopic (exact) mass is 399 g/mol. The van der Waals surface area contributed by atoms with E-state index < -0.39 is 27.5 Å². The second-order valence-corrected chi connectivity index (χ2v) is 7.84. The largest absolute Gasteiger partial charge is 0.489 e. The Balaban J connectivity index is 1.58. The van der Waals surface area contributed by atoms with Gasteiger partial charge in [-0.15, -0.1) is 0 Å². The molecule has 0 aliphatic carbocycles. The van der Waals surface area contributed by atoms with Crippen LogP contribution >= 0.6 is 0 Å². The maximum Gasteiger partial charge on any atom is 0.264 e. The minimum absolute atomic E-state index is 0.214. The van der Waals surface area contributed by atoms with Crippen molar-refractivity contribution in [3.63, 3.8) is 0 Å². The van der Waals surface area contributed by atoms with Crippen LogP contribution in [-0.4, -0.2) is 14.3 Å². The minimum atomic E-state index is -3.90. The van der Waals surface area contributed by atoms with Crippen molar-refractivity contribution in [1.29, 1.82) is 0 Å². The number of hydrogen-bond acceptors (Lipinski definition) is 4. The van der Waals surface area contributed by atoms with E-state index in [-0.39, 0.29) is 5.56 Å². The van der Waals surface area contributed by atoms with Crippen LogP contribution in [0.5, 0.6) is 5.75 Å². The minimum Gasteiger partial charge on any atom is -0.489 e. The highest BCUT2D eigenvalue weighted by Gasteiger charge is 2.17. The summed E-state index contributed by atoms with van der Waals surface area (Å²) in [5.41, 5.74) is 1.44. The van der Waals surface area contributed by atoms with Crippen LogP contribution < -0.4 is 9.46 Å². The first kappa shape index (κ1) is 19.6. The SMILES string of the molecule is O=C(NS(=O)(=O)Cc1ccc(F)cc1)c1ccc(COc2ccccc2)cc1. The van der Waals surface area contributed by atoms with E-state index in [0.29, 0.717) is 12.2 Å². The first-order valence-corrected chi connectivity index (χ1v) is 10.1. The summed E-state index contributed by atoms with van der Waals surface area (Å²) in [7, 11) is -3.90. The van der Waals surface area contributed by atoms with Crippen molar-refractivity contribution in [3.05, 3.63) is 101 Å². The van der Waals surface area contributed by atoms with Gasteiger partial charge in [0.15, 0.2) is 0 Å². The number of halogens is 1. The zero-order valence-corrected chi connectivity index (χ0v) is 15.7.